The standard InChI is InChI=1S/C13H11FN2O2/c14-11-4-3-10(8-9(11)2-1-7-15)16-12(17)5-6-13(16)18/h3-4,8H,5-7,15H2. The molecule has 1 aromatic carbocycles. The molecule has 0 unspecified atom stereocenters. The van der Waals surface area contributed by atoms with Crippen molar-refractivity contribution in [1.29, 1.82) is 0 Å². The van der Waals surface area contributed by atoms with Crippen LogP contribution >= 0.6 is 0 Å². The molecule has 1 fully saturated rings. The van der Waals surface area contributed by atoms with Gasteiger partial charge in [-0.3, -0.25) is 14.5 Å². The highest BCUT2D eigenvalue weighted by molar-refractivity contribution is 6.19. The summed E-state index contributed by atoms with van der Waals surface area (Å²) in [6, 6.07) is 3.97. The first-order chi connectivity index (χ1) is 8.63. The second-order valence-corrected chi connectivity index (χ2v) is 3.79. The second-order valence-electron chi connectivity index (χ2n) is 3.79. The number of halogens is 1. The molecule has 0 radical (unpaired) electrons. The van der Waals surface area contributed by atoms with E-state index in [0.29, 0.717) is 5.69 Å². The molecule has 1 aromatic rings. The first-order valence-corrected chi connectivity index (χ1v) is 5.47. The van der Waals surface area contributed by atoms with E-state index in [-0.39, 0.29) is 36.8 Å². The molecule has 0 atom stereocenters. The van der Waals surface area contributed by atoms with Gasteiger partial charge in [-0.15, -0.1) is 0 Å². The summed E-state index contributed by atoms with van der Waals surface area (Å²) < 4.78 is 13.4. The molecule has 92 valence electrons. The van der Waals surface area contributed by atoms with Crippen molar-refractivity contribution in [3.8, 4) is 11.8 Å². The predicted molar refractivity (Wildman–Crippen MR) is 64.1 cm³/mol. The maximum absolute atomic E-state index is 13.4. The Morgan fingerprint density at radius 1 is 1.28 bits per heavy atom. The Kier molecular flexibility index (Phi) is 3.40. The molecule has 4 nitrogen and oxygen atoms in total. The summed E-state index contributed by atoms with van der Waals surface area (Å²) in [7, 11) is 0. The third-order valence-corrected chi connectivity index (χ3v) is 2.58. The van der Waals surface area contributed by atoms with Gasteiger partial charge in [-0.05, 0) is 18.2 Å². The van der Waals surface area contributed by atoms with Crippen molar-refractivity contribution in [2.24, 2.45) is 5.73 Å². The molecule has 1 heterocycles. The van der Waals surface area contributed by atoms with Crippen LogP contribution in [-0.2, 0) is 9.59 Å². The van der Waals surface area contributed by atoms with E-state index in [2.05, 4.69) is 11.8 Å². The van der Waals surface area contributed by atoms with Gasteiger partial charge in [0.05, 0.1) is 17.8 Å². The number of anilines is 1. The summed E-state index contributed by atoms with van der Waals surface area (Å²) in [6.45, 7) is 0.116. The molecular weight excluding hydrogens is 235 g/mol. The van der Waals surface area contributed by atoms with Crippen LogP contribution in [0.2, 0.25) is 0 Å². The van der Waals surface area contributed by atoms with Gasteiger partial charge in [-0.25, -0.2) is 4.39 Å². The number of carbonyl (C=O) groups excluding carboxylic acids is 2. The van der Waals surface area contributed by atoms with E-state index >= 15 is 0 Å². The first kappa shape index (κ1) is 12.3. The number of nitrogens with zero attached hydrogens (tertiary/aromatic N) is 1. The van der Waals surface area contributed by atoms with E-state index in [1.54, 1.807) is 0 Å². The molecule has 0 saturated carbocycles. The fourth-order valence-corrected chi connectivity index (χ4v) is 1.76. The monoisotopic (exact) mass is 246 g/mol. The molecule has 2 amide bonds. The number of benzene rings is 1. The predicted octanol–water partition coefficient (Wildman–Crippen LogP) is 0.789. The molecule has 1 aliphatic heterocycles. The van der Waals surface area contributed by atoms with Gasteiger partial charge in [0.1, 0.15) is 5.82 Å². The average molecular weight is 246 g/mol. The lowest BCUT2D eigenvalue weighted by Crippen LogP contribution is -2.28. The van der Waals surface area contributed by atoms with Crippen molar-refractivity contribution in [1.82, 2.24) is 0 Å². The van der Waals surface area contributed by atoms with Gasteiger partial charge in [0, 0.05) is 12.8 Å². The third-order valence-electron chi connectivity index (χ3n) is 2.58. The molecule has 18 heavy (non-hydrogen) atoms. The number of amides is 2. The minimum Gasteiger partial charge on any atom is -0.320 e. The second kappa shape index (κ2) is 4.98. The fourth-order valence-electron chi connectivity index (χ4n) is 1.76. The van der Waals surface area contributed by atoms with Crippen molar-refractivity contribution in [2.75, 3.05) is 11.4 Å². The molecule has 2 N–H and O–H groups in total. The molecule has 0 aromatic heterocycles. The lowest BCUT2D eigenvalue weighted by molar-refractivity contribution is -0.121. The SMILES string of the molecule is NCC#Cc1cc(N2C(=O)CCC2=O)ccc1F. The van der Waals surface area contributed by atoms with Crippen molar-refractivity contribution in [3.63, 3.8) is 0 Å². The highest BCUT2D eigenvalue weighted by Crippen LogP contribution is 2.24. The van der Waals surface area contributed by atoms with E-state index in [1.807, 2.05) is 0 Å². The quantitative estimate of drug-likeness (QED) is 0.588. The van der Waals surface area contributed by atoms with E-state index < -0.39 is 5.82 Å². The topological polar surface area (TPSA) is 63.4 Å². The molecule has 5 heteroatoms. The van der Waals surface area contributed by atoms with Crippen molar-refractivity contribution in [3.05, 3.63) is 29.6 Å². The molecule has 1 aliphatic rings. The van der Waals surface area contributed by atoms with Crippen LogP contribution in [0.15, 0.2) is 18.2 Å². The van der Waals surface area contributed by atoms with Crippen LogP contribution in [0.4, 0.5) is 10.1 Å². The summed E-state index contributed by atoms with van der Waals surface area (Å²) >= 11 is 0. The van der Waals surface area contributed by atoms with Crippen LogP contribution < -0.4 is 10.6 Å². The van der Waals surface area contributed by atoms with Gasteiger partial charge >= 0.3 is 0 Å². The first-order valence-electron chi connectivity index (χ1n) is 5.47. The largest absolute Gasteiger partial charge is 0.320 e. The van der Waals surface area contributed by atoms with Crippen LogP contribution in [0.1, 0.15) is 18.4 Å². The summed E-state index contributed by atoms with van der Waals surface area (Å²) in [5.41, 5.74) is 5.70. The van der Waals surface area contributed by atoms with Crippen LogP contribution in [0, 0.1) is 17.7 Å². The van der Waals surface area contributed by atoms with E-state index in [9.17, 15) is 14.0 Å². The average Bonchev–Trinajstić information content (AvgIpc) is 2.68. The fraction of sp³-hybridized carbons (Fsp3) is 0.231. The van der Waals surface area contributed by atoms with Crippen LogP contribution in [0.5, 0.6) is 0 Å². The zero-order valence-corrected chi connectivity index (χ0v) is 9.57. The zero-order valence-electron chi connectivity index (χ0n) is 9.57. The summed E-state index contributed by atoms with van der Waals surface area (Å²) in [5, 5.41) is 0. The number of rotatable bonds is 1. The summed E-state index contributed by atoms with van der Waals surface area (Å²) in [6.07, 6.45) is 0.389. The number of hydrogen-bond acceptors (Lipinski definition) is 3. The lowest BCUT2D eigenvalue weighted by Gasteiger charge is -2.14. The highest BCUT2D eigenvalue weighted by atomic mass is 19.1. The van der Waals surface area contributed by atoms with Crippen molar-refractivity contribution < 1.29 is 14.0 Å². The summed E-state index contributed by atoms with van der Waals surface area (Å²) in [4.78, 5) is 24.2. The Morgan fingerprint density at radius 3 is 2.56 bits per heavy atom. The molecule has 0 aliphatic carbocycles. The molecule has 0 spiro atoms. The Morgan fingerprint density at radius 2 is 1.94 bits per heavy atom. The Hall–Kier alpha value is -2.19. The maximum Gasteiger partial charge on any atom is 0.234 e. The van der Waals surface area contributed by atoms with Crippen molar-refractivity contribution >= 4 is 17.5 Å². The Balaban J connectivity index is 2.40. The minimum absolute atomic E-state index is 0.116. The normalized spacial score (nSPS) is 14.7. The van der Waals surface area contributed by atoms with Crippen molar-refractivity contribution in [2.45, 2.75) is 12.8 Å². The number of hydrogen-bond donors (Lipinski definition) is 1. The van der Waals surface area contributed by atoms with Crippen LogP contribution in [0.3, 0.4) is 0 Å². The molecule has 0 bridgehead atoms. The highest BCUT2D eigenvalue weighted by Gasteiger charge is 2.30. The Labute approximate surface area is 104 Å². The Bertz CT molecular complexity index is 556. The van der Waals surface area contributed by atoms with Crippen LogP contribution in [-0.4, -0.2) is 18.4 Å². The van der Waals surface area contributed by atoms with Crippen LogP contribution in [0.25, 0.3) is 0 Å². The summed E-state index contributed by atoms with van der Waals surface area (Å²) in [5.74, 6) is 4.05. The van der Waals surface area contributed by atoms with E-state index in [1.165, 1.54) is 18.2 Å². The molecular formula is C13H11FN2O2. The third kappa shape index (κ3) is 2.24. The van der Waals surface area contributed by atoms with Gasteiger partial charge in [0.25, 0.3) is 0 Å². The lowest BCUT2D eigenvalue weighted by atomic mass is 10.1. The van der Waals surface area contributed by atoms with Gasteiger partial charge in [0.2, 0.25) is 11.8 Å². The smallest absolute Gasteiger partial charge is 0.234 e. The minimum atomic E-state index is -0.501. The number of carbonyl (C=O) groups is 2. The zero-order chi connectivity index (χ0) is 13.1. The van der Waals surface area contributed by atoms with E-state index in [0.717, 1.165) is 4.90 Å². The van der Waals surface area contributed by atoms with Gasteiger partial charge in [0.15, 0.2) is 0 Å². The molecule has 1 saturated heterocycles. The van der Waals surface area contributed by atoms with Gasteiger partial charge < -0.3 is 5.73 Å². The molecule has 2 rings (SSSR count). The van der Waals surface area contributed by atoms with Gasteiger partial charge in [-0.1, -0.05) is 11.8 Å². The van der Waals surface area contributed by atoms with E-state index in [4.69, 9.17) is 5.73 Å². The number of imide groups is 1. The maximum atomic E-state index is 13.4. The number of nitrogens with two attached hydrogens (primary N) is 1. The van der Waals surface area contributed by atoms with Gasteiger partial charge in [-0.2, -0.15) is 0 Å².